The monoisotopic (exact) mass is 827 g/mol. The molecule has 8 N–H and O–H groups in total. The van der Waals surface area contributed by atoms with Crippen LogP contribution in [0.3, 0.4) is 0 Å². The van der Waals surface area contributed by atoms with E-state index in [1.807, 2.05) is 23.1 Å². The van der Waals surface area contributed by atoms with Gasteiger partial charge in [0.15, 0.2) is 0 Å². The molecule has 4 aromatic rings. The van der Waals surface area contributed by atoms with Crippen molar-refractivity contribution in [1.82, 2.24) is 24.6 Å². The second kappa shape index (κ2) is 18.0. The predicted octanol–water partition coefficient (Wildman–Crippen LogP) is 6.17. The molecule has 4 saturated heterocycles. The quantitative estimate of drug-likeness (QED) is 0.117. The van der Waals surface area contributed by atoms with E-state index < -0.39 is 0 Å². The number of likely N-dealkylation sites (tertiary alicyclic amines) is 3. The van der Waals surface area contributed by atoms with Crippen molar-refractivity contribution in [3.8, 4) is 5.75 Å². The summed E-state index contributed by atoms with van der Waals surface area (Å²) in [6.45, 7) is 12.7. The third kappa shape index (κ3) is 9.08. The number of anilines is 1. The number of nitrogens with two attached hydrogens (primary N) is 3. The second-order valence-corrected chi connectivity index (χ2v) is 17.4. The van der Waals surface area contributed by atoms with Gasteiger partial charge in [-0.25, -0.2) is 4.79 Å². The van der Waals surface area contributed by atoms with Gasteiger partial charge >= 0.3 is 6.03 Å². The average molecular weight is 828 g/mol. The first-order valence-electron chi connectivity index (χ1n) is 21.7. The lowest BCUT2D eigenvalue weighted by molar-refractivity contribution is 0.0353. The lowest BCUT2D eigenvalue weighted by Crippen LogP contribution is -2.45. The maximum Gasteiger partial charge on any atom is 0.326 e. The number of rotatable bonds is 10. The molecule has 0 saturated carbocycles. The van der Waals surface area contributed by atoms with Gasteiger partial charge in [-0.3, -0.25) is 9.69 Å². The van der Waals surface area contributed by atoms with E-state index in [9.17, 15) is 14.7 Å². The molecule has 1 aromatic heterocycles. The number of carbonyl (C=O) groups excluding carboxylic acids is 2. The van der Waals surface area contributed by atoms with Crippen molar-refractivity contribution in [2.24, 2.45) is 23.1 Å². The van der Waals surface area contributed by atoms with Crippen LogP contribution in [0, 0.1) is 12.8 Å². The zero-order valence-corrected chi connectivity index (χ0v) is 35.6. The summed E-state index contributed by atoms with van der Waals surface area (Å²) in [4.78, 5) is 34.9. The lowest BCUT2D eigenvalue weighted by Gasteiger charge is -2.39. The van der Waals surface area contributed by atoms with Gasteiger partial charge in [0.05, 0.1) is 11.8 Å². The number of phenols is 1. The first kappa shape index (κ1) is 41.8. The molecule has 5 heterocycles. The molecule has 4 aliphatic heterocycles. The molecule has 322 valence electrons. The van der Waals surface area contributed by atoms with Crippen molar-refractivity contribution < 1.29 is 19.4 Å². The number of nitrogens with zero attached hydrogens (tertiary/aromatic N) is 5. The van der Waals surface area contributed by atoms with Gasteiger partial charge in [-0.15, -0.1) is 0 Å². The smallest absolute Gasteiger partial charge is 0.326 e. The summed E-state index contributed by atoms with van der Waals surface area (Å²) in [5, 5.41) is 14.4. The van der Waals surface area contributed by atoms with Crippen LogP contribution in [0.25, 0.3) is 16.6 Å². The maximum absolute atomic E-state index is 13.7. The van der Waals surface area contributed by atoms with Gasteiger partial charge in [-0.2, -0.15) is 0 Å². The lowest BCUT2D eigenvalue weighted by atomic mass is 9.88. The summed E-state index contributed by atoms with van der Waals surface area (Å²) >= 11 is 0. The highest BCUT2D eigenvalue weighted by Gasteiger charge is 2.32. The number of urea groups is 1. The van der Waals surface area contributed by atoms with Gasteiger partial charge in [0.1, 0.15) is 11.6 Å². The number of phenolic OH excluding ortho intramolecular Hbond substituents is 1. The average Bonchev–Trinajstić information content (AvgIpc) is 3.60. The molecule has 0 radical (unpaired) electrons. The number of fused-ring (bicyclic) bond motifs is 1. The Labute approximate surface area is 359 Å². The summed E-state index contributed by atoms with van der Waals surface area (Å²) < 4.78 is 8.32. The minimum Gasteiger partial charge on any atom is -0.507 e. The largest absolute Gasteiger partial charge is 0.507 e. The Morgan fingerprint density at radius 1 is 0.934 bits per heavy atom. The number of para-hydroxylation sites is 1. The summed E-state index contributed by atoms with van der Waals surface area (Å²) in [5.41, 5.74) is 26.3. The minimum atomic E-state index is -0.111. The number of aromatic hydroxyl groups is 1. The number of carbonyl (C=O) groups is 2. The number of hydrogen-bond acceptors (Lipinski definition) is 9. The van der Waals surface area contributed by atoms with Crippen molar-refractivity contribution in [2.75, 3.05) is 64.4 Å². The van der Waals surface area contributed by atoms with E-state index in [0.717, 1.165) is 88.2 Å². The standard InChI is InChI=1S/C48H61N9O4/c1-31-27-57(43-13-12-38(25-41(31)43)56-23-14-32(2)52-48(56)60)37-17-19-53(20-18-37)28-33-15-21-54(22-16-33)47(59)35-10-8-34(9-11-35)36-24-39(61-3)30-55(29-36)44(46(50)51)26-42(49)40-6-4-5-7-45(40)58/h4-13,25-27,33,36-37,39,58H,2,14-24,28-30,49-51H2,1,3H3,(H,52,60)/b42-26-. The normalized spacial score (nSPS) is 21.2. The summed E-state index contributed by atoms with van der Waals surface area (Å²) in [5.74, 6) is 0.984. The summed E-state index contributed by atoms with van der Waals surface area (Å²) in [6, 6.07) is 21.7. The molecule has 13 nitrogen and oxygen atoms in total. The number of hydrogen-bond donors (Lipinski definition) is 5. The highest BCUT2D eigenvalue weighted by molar-refractivity contribution is 5.97. The zero-order chi connectivity index (χ0) is 42.8. The van der Waals surface area contributed by atoms with Crippen molar-refractivity contribution in [3.05, 3.63) is 125 Å². The molecular weight excluding hydrogens is 767 g/mol. The number of piperidine rings is 3. The number of aromatic nitrogens is 1. The van der Waals surface area contributed by atoms with Gasteiger partial charge in [0.25, 0.3) is 5.91 Å². The fourth-order valence-electron chi connectivity index (χ4n) is 9.86. The first-order valence-corrected chi connectivity index (χ1v) is 21.7. The molecule has 0 bridgehead atoms. The molecule has 4 fully saturated rings. The van der Waals surface area contributed by atoms with Crippen LogP contribution >= 0.6 is 0 Å². The Morgan fingerprint density at radius 2 is 1.67 bits per heavy atom. The SMILES string of the molecule is C=C1CCN(c2ccc3c(c2)c(C)cn3C2CCN(CC3CCN(C(=O)c4ccc(C5CC(OC)CN(C(/C=C(\N)c6ccccc6O)=C(N)N)C5)cc4)CC3)CC2)C(=O)N1. The van der Waals surface area contributed by atoms with E-state index >= 15 is 0 Å². The van der Waals surface area contributed by atoms with Crippen LogP contribution < -0.4 is 27.4 Å². The molecule has 0 aliphatic carbocycles. The van der Waals surface area contributed by atoms with Crippen molar-refractivity contribution in [2.45, 2.75) is 63.5 Å². The van der Waals surface area contributed by atoms with Crippen molar-refractivity contribution >= 4 is 34.2 Å². The van der Waals surface area contributed by atoms with Crippen LogP contribution in [0.15, 0.2) is 103 Å². The topological polar surface area (TPSA) is 172 Å². The first-order chi connectivity index (χ1) is 29.4. The van der Waals surface area contributed by atoms with Crippen molar-refractivity contribution in [3.63, 3.8) is 0 Å². The fraction of sp³-hybridized carbons (Fsp3) is 0.417. The van der Waals surface area contributed by atoms with Gasteiger partial charge in [-0.1, -0.05) is 30.8 Å². The number of allylic oxidation sites excluding steroid dienone is 1. The number of ether oxygens (including phenoxy) is 1. The van der Waals surface area contributed by atoms with Crippen LogP contribution in [0.4, 0.5) is 10.5 Å². The molecule has 2 atom stereocenters. The summed E-state index contributed by atoms with van der Waals surface area (Å²) in [7, 11) is 1.71. The zero-order valence-electron chi connectivity index (χ0n) is 35.6. The molecule has 3 aromatic carbocycles. The summed E-state index contributed by atoms with van der Waals surface area (Å²) in [6.07, 6.45) is 9.72. The Hall–Kier alpha value is -5.92. The molecule has 4 aliphatic rings. The van der Waals surface area contributed by atoms with E-state index in [-0.39, 0.29) is 35.5 Å². The van der Waals surface area contributed by atoms with E-state index in [1.54, 1.807) is 36.3 Å². The fourth-order valence-corrected chi connectivity index (χ4v) is 9.86. The molecular formula is C48H61N9O4. The number of benzene rings is 3. The van der Waals surface area contributed by atoms with E-state index in [0.29, 0.717) is 54.1 Å². The van der Waals surface area contributed by atoms with E-state index in [4.69, 9.17) is 21.9 Å². The number of amides is 3. The maximum atomic E-state index is 13.7. The van der Waals surface area contributed by atoms with Crippen LogP contribution in [-0.4, -0.2) is 102 Å². The number of methoxy groups -OCH3 is 1. The van der Waals surface area contributed by atoms with Crippen LogP contribution in [-0.2, 0) is 4.74 Å². The van der Waals surface area contributed by atoms with Gasteiger partial charge in [0.2, 0.25) is 0 Å². The van der Waals surface area contributed by atoms with E-state index in [2.05, 4.69) is 69.7 Å². The van der Waals surface area contributed by atoms with Crippen LogP contribution in [0.2, 0.25) is 0 Å². The molecule has 2 unspecified atom stereocenters. The van der Waals surface area contributed by atoms with Crippen LogP contribution in [0.1, 0.15) is 77.5 Å². The highest BCUT2D eigenvalue weighted by Crippen LogP contribution is 2.35. The highest BCUT2D eigenvalue weighted by atomic mass is 16.5. The molecule has 0 spiro atoms. The molecule has 13 heteroatoms. The molecule has 8 rings (SSSR count). The van der Waals surface area contributed by atoms with Crippen LogP contribution in [0.5, 0.6) is 5.75 Å². The Morgan fingerprint density at radius 3 is 2.36 bits per heavy atom. The Kier molecular flexibility index (Phi) is 12.3. The molecule has 61 heavy (non-hydrogen) atoms. The van der Waals surface area contributed by atoms with Crippen molar-refractivity contribution in [1.29, 1.82) is 0 Å². The van der Waals surface area contributed by atoms with E-state index in [1.165, 1.54) is 16.5 Å². The van der Waals surface area contributed by atoms with Gasteiger partial charge in [0, 0.05) is 123 Å². The second-order valence-electron chi connectivity index (χ2n) is 17.4. The van der Waals surface area contributed by atoms with Gasteiger partial charge < -0.3 is 51.6 Å². The number of aryl methyl sites for hydroxylation is 1. The third-order valence-corrected chi connectivity index (χ3v) is 13.4. The Balaban J connectivity index is 0.827. The third-order valence-electron chi connectivity index (χ3n) is 13.4. The number of nitrogens with one attached hydrogen (secondary N) is 1. The Bertz CT molecular complexity index is 2310. The predicted molar refractivity (Wildman–Crippen MR) is 241 cm³/mol. The minimum absolute atomic E-state index is 0.0702. The van der Waals surface area contributed by atoms with Gasteiger partial charge in [-0.05, 0) is 105 Å². The molecule has 3 amide bonds.